The van der Waals surface area contributed by atoms with Gasteiger partial charge < -0.3 is 14.8 Å². The van der Waals surface area contributed by atoms with Crippen LogP contribution >= 0.6 is 0 Å². The Morgan fingerprint density at radius 1 is 1.16 bits per heavy atom. The highest BCUT2D eigenvalue weighted by Crippen LogP contribution is 2.34. The molecule has 0 saturated carbocycles. The molecule has 108 valence electrons. The molecule has 1 rings (SSSR count). The summed E-state index contributed by atoms with van der Waals surface area (Å²) in [6, 6.07) is 6.07. The third kappa shape index (κ3) is 4.43. The topological polar surface area (TPSA) is 30.5 Å². The smallest absolute Gasteiger partial charge is 0.126 e. The van der Waals surface area contributed by atoms with Gasteiger partial charge in [0.15, 0.2) is 0 Å². The minimum Gasteiger partial charge on any atom is -0.497 e. The second kappa shape index (κ2) is 8.05. The molecule has 3 nitrogen and oxygen atoms in total. The lowest BCUT2D eigenvalue weighted by atomic mass is 9.88. The summed E-state index contributed by atoms with van der Waals surface area (Å²) in [6.45, 7) is 8.83. The second-order valence-electron chi connectivity index (χ2n) is 5.08. The van der Waals surface area contributed by atoms with Gasteiger partial charge in [-0.3, -0.25) is 0 Å². The lowest BCUT2D eigenvalue weighted by Crippen LogP contribution is -2.25. The van der Waals surface area contributed by atoms with Crippen molar-refractivity contribution in [1.29, 1.82) is 0 Å². The van der Waals surface area contributed by atoms with Crippen molar-refractivity contribution in [3.05, 3.63) is 23.8 Å². The average molecular weight is 265 g/mol. The molecule has 2 unspecified atom stereocenters. The predicted octanol–water partition coefficient (Wildman–Crippen LogP) is 3.44. The molecule has 3 heteroatoms. The molecule has 0 radical (unpaired) electrons. The van der Waals surface area contributed by atoms with E-state index in [2.05, 4.69) is 32.2 Å². The minimum absolute atomic E-state index is 0.449. The summed E-state index contributed by atoms with van der Waals surface area (Å²) in [6.07, 6.45) is 1.17. The van der Waals surface area contributed by atoms with Crippen molar-refractivity contribution < 1.29 is 9.47 Å². The van der Waals surface area contributed by atoms with Crippen molar-refractivity contribution >= 4 is 0 Å². The molecule has 19 heavy (non-hydrogen) atoms. The number of hydrogen-bond acceptors (Lipinski definition) is 3. The van der Waals surface area contributed by atoms with Crippen molar-refractivity contribution in [2.75, 3.05) is 27.3 Å². The summed E-state index contributed by atoms with van der Waals surface area (Å²) in [4.78, 5) is 0. The number of benzene rings is 1. The Hall–Kier alpha value is -1.22. The Labute approximate surface area is 117 Å². The molecule has 0 aliphatic carbocycles. The standard InChI is InChI=1S/C16H27NO2/c1-6-9-17-11-12(2)13(3)15-8-7-14(18-4)10-16(15)19-5/h7-8,10,12-13,17H,6,9,11H2,1-5H3. The second-order valence-corrected chi connectivity index (χ2v) is 5.08. The third-order valence-electron chi connectivity index (χ3n) is 3.68. The van der Waals surface area contributed by atoms with Crippen LogP contribution in [0, 0.1) is 5.92 Å². The van der Waals surface area contributed by atoms with E-state index in [1.54, 1.807) is 14.2 Å². The summed E-state index contributed by atoms with van der Waals surface area (Å²) in [5.41, 5.74) is 1.24. The first-order chi connectivity index (χ1) is 9.13. The summed E-state index contributed by atoms with van der Waals surface area (Å²) >= 11 is 0. The lowest BCUT2D eigenvalue weighted by molar-refractivity contribution is 0.378. The van der Waals surface area contributed by atoms with Crippen LogP contribution in [0.2, 0.25) is 0 Å². The minimum atomic E-state index is 0.449. The van der Waals surface area contributed by atoms with E-state index in [4.69, 9.17) is 9.47 Å². The normalized spacial score (nSPS) is 13.9. The number of nitrogens with one attached hydrogen (secondary N) is 1. The van der Waals surface area contributed by atoms with Crippen molar-refractivity contribution in [2.24, 2.45) is 5.92 Å². The Bertz CT molecular complexity index is 379. The van der Waals surface area contributed by atoms with Gasteiger partial charge in [-0.15, -0.1) is 0 Å². The third-order valence-corrected chi connectivity index (χ3v) is 3.68. The Kier molecular flexibility index (Phi) is 6.71. The maximum Gasteiger partial charge on any atom is 0.126 e. The van der Waals surface area contributed by atoms with Crippen LogP contribution in [0.3, 0.4) is 0 Å². The summed E-state index contributed by atoms with van der Waals surface area (Å²) in [5.74, 6) is 2.76. The van der Waals surface area contributed by atoms with Crippen LogP contribution in [0.25, 0.3) is 0 Å². The molecule has 1 aromatic carbocycles. The van der Waals surface area contributed by atoms with E-state index in [-0.39, 0.29) is 0 Å². The van der Waals surface area contributed by atoms with Gasteiger partial charge in [-0.2, -0.15) is 0 Å². The molecule has 0 bridgehead atoms. The van der Waals surface area contributed by atoms with E-state index in [1.807, 2.05) is 12.1 Å². The van der Waals surface area contributed by atoms with Crippen molar-refractivity contribution in [2.45, 2.75) is 33.1 Å². The first-order valence-electron chi connectivity index (χ1n) is 7.06. The van der Waals surface area contributed by atoms with Gasteiger partial charge in [-0.25, -0.2) is 0 Å². The molecule has 0 fully saturated rings. The zero-order chi connectivity index (χ0) is 14.3. The molecule has 1 aromatic rings. The van der Waals surface area contributed by atoms with Crippen LogP contribution in [-0.2, 0) is 0 Å². The van der Waals surface area contributed by atoms with Crippen molar-refractivity contribution in [1.82, 2.24) is 5.32 Å². The average Bonchev–Trinajstić information content (AvgIpc) is 2.45. The van der Waals surface area contributed by atoms with E-state index >= 15 is 0 Å². The number of methoxy groups -OCH3 is 2. The highest BCUT2D eigenvalue weighted by molar-refractivity contribution is 5.42. The Morgan fingerprint density at radius 3 is 2.47 bits per heavy atom. The molecule has 0 amide bonds. The van der Waals surface area contributed by atoms with Crippen LogP contribution in [0.4, 0.5) is 0 Å². The van der Waals surface area contributed by atoms with Crippen LogP contribution < -0.4 is 14.8 Å². The summed E-state index contributed by atoms with van der Waals surface area (Å²) in [5, 5.41) is 3.48. The number of rotatable bonds is 8. The quantitative estimate of drug-likeness (QED) is 0.730. The molecular weight excluding hydrogens is 238 g/mol. The van der Waals surface area contributed by atoms with Crippen LogP contribution in [0.15, 0.2) is 18.2 Å². The van der Waals surface area contributed by atoms with Crippen LogP contribution in [-0.4, -0.2) is 27.3 Å². The van der Waals surface area contributed by atoms with Crippen LogP contribution in [0.5, 0.6) is 11.5 Å². The zero-order valence-corrected chi connectivity index (χ0v) is 12.8. The zero-order valence-electron chi connectivity index (χ0n) is 12.8. The van der Waals surface area contributed by atoms with E-state index in [1.165, 1.54) is 12.0 Å². The first-order valence-corrected chi connectivity index (χ1v) is 7.06. The molecule has 0 aliphatic rings. The predicted molar refractivity (Wildman–Crippen MR) is 80.3 cm³/mol. The molecule has 0 saturated heterocycles. The maximum atomic E-state index is 5.48. The monoisotopic (exact) mass is 265 g/mol. The highest BCUT2D eigenvalue weighted by Gasteiger charge is 2.18. The molecule has 0 heterocycles. The number of ether oxygens (including phenoxy) is 2. The Morgan fingerprint density at radius 2 is 1.89 bits per heavy atom. The fraction of sp³-hybridized carbons (Fsp3) is 0.625. The van der Waals surface area contributed by atoms with Gasteiger partial charge in [-0.1, -0.05) is 26.8 Å². The SMILES string of the molecule is CCCNCC(C)C(C)c1ccc(OC)cc1OC. The van der Waals surface area contributed by atoms with E-state index in [9.17, 15) is 0 Å². The maximum absolute atomic E-state index is 5.48. The molecule has 1 N–H and O–H groups in total. The summed E-state index contributed by atoms with van der Waals surface area (Å²) in [7, 11) is 3.39. The molecule has 0 aromatic heterocycles. The van der Waals surface area contributed by atoms with Gasteiger partial charge in [0.05, 0.1) is 14.2 Å². The Balaban J connectivity index is 2.77. The highest BCUT2D eigenvalue weighted by atomic mass is 16.5. The number of hydrogen-bond donors (Lipinski definition) is 1. The van der Waals surface area contributed by atoms with E-state index < -0.39 is 0 Å². The van der Waals surface area contributed by atoms with E-state index in [0.717, 1.165) is 24.6 Å². The molecular formula is C16H27NO2. The van der Waals surface area contributed by atoms with Gasteiger partial charge in [0.1, 0.15) is 11.5 Å². The molecule has 2 atom stereocenters. The first kappa shape index (κ1) is 15.8. The van der Waals surface area contributed by atoms with Gasteiger partial charge in [0.2, 0.25) is 0 Å². The molecule has 0 aliphatic heterocycles. The van der Waals surface area contributed by atoms with Gasteiger partial charge >= 0.3 is 0 Å². The van der Waals surface area contributed by atoms with Crippen molar-refractivity contribution in [3.63, 3.8) is 0 Å². The largest absolute Gasteiger partial charge is 0.497 e. The lowest BCUT2D eigenvalue weighted by Gasteiger charge is -2.23. The summed E-state index contributed by atoms with van der Waals surface area (Å²) < 4.78 is 10.7. The van der Waals surface area contributed by atoms with Gasteiger partial charge in [0, 0.05) is 6.07 Å². The fourth-order valence-corrected chi connectivity index (χ4v) is 2.18. The van der Waals surface area contributed by atoms with Crippen LogP contribution in [0.1, 0.15) is 38.7 Å². The van der Waals surface area contributed by atoms with Crippen molar-refractivity contribution in [3.8, 4) is 11.5 Å². The fourth-order valence-electron chi connectivity index (χ4n) is 2.18. The molecule has 0 spiro atoms. The van der Waals surface area contributed by atoms with E-state index in [0.29, 0.717) is 11.8 Å². The van der Waals surface area contributed by atoms with Gasteiger partial charge in [-0.05, 0) is 43.0 Å². The van der Waals surface area contributed by atoms with Gasteiger partial charge in [0.25, 0.3) is 0 Å².